The fourth-order valence-electron chi connectivity index (χ4n) is 3.26. The van der Waals surface area contributed by atoms with Crippen LogP contribution in [-0.2, 0) is 11.2 Å². The lowest BCUT2D eigenvalue weighted by Crippen LogP contribution is -2.24. The molecule has 1 aliphatic heterocycles. The molecule has 5 nitrogen and oxygen atoms in total. The van der Waals surface area contributed by atoms with Gasteiger partial charge in [-0.2, -0.15) is 4.98 Å². The molecule has 0 spiro atoms. The number of benzene rings is 2. The Labute approximate surface area is 152 Å². The fraction of sp³-hybridized carbons (Fsp3) is 0.286. The molecular formula is C21H21N3O2. The first kappa shape index (κ1) is 16.5. The van der Waals surface area contributed by atoms with Crippen LogP contribution in [0.3, 0.4) is 0 Å². The molecule has 2 aromatic carbocycles. The molecular weight excluding hydrogens is 326 g/mol. The van der Waals surface area contributed by atoms with Gasteiger partial charge in [0.15, 0.2) is 5.82 Å². The van der Waals surface area contributed by atoms with E-state index in [4.69, 9.17) is 4.52 Å². The van der Waals surface area contributed by atoms with E-state index in [0.29, 0.717) is 24.7 Å². The maximum absolute atomic E-state index is 12.5. The SMILES string of the molecule is CCc1ccc(N2CC(c3noc(-c4ccc(C)cc4)n3)CC2=O)cc1. The number of aromatic nitrogens is 2. The summed E-state index contributed by atoms with van der Waals surface area (Å²) < 4.78 is 5.42. The molecule has 2 heterocycles. The highest BCUT2D eigenvalue weighted by Gasteiger charge is 2.34. The van der Waals surface area contributed by atoms with Crippen LogP contribution >= 0.6 is 0 Å². The fourth-order valence-corrected chi connectivity index (χ4v) is 3.26. The number of rotatable bonds is 4. The highest BCUT2D eigenvalue weighted by atomic mass is 16.5. The van der Waals surface area contributed by atoms with Crippen molar-refractivity contribution >= 4 is 11.6 Å². The number of carbonyl (C=O) groups excluding carboxylic acids is 1. The molecule has 0 radical (unpaired) electrons. The van der Waals surface area contributed by atoms with Crippen LogP contribution in [0.15, 0.2) is 53.1 Å². The van der Waals surface area contributed by atoms with Gasteiger partial charge in [0.1, 0.15) is 0 Å². The first-order valence-electron chi connectivity index (χ1n) is 8.94. The predicted octanol–water partition coefficient (Wildman–Crippen LogP) is 4.13. The third kappa shape index (κ3) is 3.12. The van der Waals surface area contributed by atoms with Crippen LogP contribution in [0, 0.1) is 6.92 Å². The van der Waals surface area contributed by atoms with Crippen molar-refractivity contribution in [1.29, 1.82) is 0 Å². The number of anilines is 1. The molecule has 1 aromatic heterocycles. The molecule has 1 amide bonds. The lowest BCUT2D eigenvalue weighted by atomic mass is 10.1. The van der Waals surface area contributed by atoms with E-state index in [9.17, 15) is 4.79 Å². The molecule has 132 valence electrons. The Kier molecular flexibility index (Phi) is 4.29. The largest absolute Gasteiger partial charge is 0.334 e. The zero-order chi connectivity index (χ0) is 18.1. The van der Waals surface area contributed by atoms with E-state index in [0.717, 1.165) is 17.7 Å². The molecule has 0 bridgehead atoms. The maximum Gasteiger partial charge on any atom is 0.257 e. The molecule has 0 N–H and O–H groups in total. The lowest BCUT2D eigenvalue weighted by Gasteiger charge is -2.16. The van der Waals surface area contributed by atoms with Crippen molar-refractivity contribution in [2.45, 2.75) is 32.6 Å². The van der Waals surface area contributed by atoms with Gasteiger partial charge < -0.3 is 9.42 Å². The zero-order valence-corrected chi connectivity index (χ0v) is 15.0. The molecule has 0 aliphatic carbocycles. The number of aryl methyl sites for hydroxylation is 2. The van der Waals surface area contributed by atoms with Crippen LogP contribution < -0.4 is 4.90 Å². The molecule has 1 unspecified atom stereocenters. The first-order valence-corrected chi connectivity index (χ1v) is 8.94. The Morgan fingerprint density at radius 3 is 2.54 bits per heavy atom. The highest BCUT2D eigenvalue weighted by molar-refractivity contribution is 5.96. The maximum atomic E-state index is 12.5. The molecule has 1 aliphatic rings. The van der Waals surface area contributed by atoms with Crippen LogP contribution in [0.4, 0.5) is 5.69 Å². The van der Waals surface area contributed by atoms with E-state index >= 15 is 0 Å². The summed E-state index contributed by atoms with van der Waals surface area (Å²) in [7, 11) is 0. The quantitative estimate of drug-likeness (QED) is 0.712. The minimum absolute atomic E-state index is 0.0451. The molecule has 1 fully saturated rings. The molecule has 26 heavy (non-hydrogen) atoms. The summed E-state index contributed by atoms with van der Waals surface area (Å²) in [6.45, 7) is 4.74. The zero-order valence-electron chi connectivity index (χ0n) is 15.0. The Morgan fingerprint density at radius 1 is 1.12 bits per heavy atom. The van der Waals surface area contributed by atoms with Crippen LogP contribution in [-0.4, -0.2) is 22.6 Å². The molecule has 1 atom stereocenters. The molecule has 3 aromatic rings. The average molecular weight is 347 g/mol. The van der Waals surface area contributed by atoms with Gasteiger partial charge in [-0.05, 0) is 43.2 Å². The second-order valence-corrected chi connectivity index (χ2v) is 6.75. The summed E-state index contributed by atoms with van der Waals surface area (Å²) in [5.74, 6) is 1.15. The number of carbonyl (C=O) groups is 1. The van der Waals surface area contributed by atoms with Crippen LogP contribution in [0.2, 0.25) is 0 Å². The number of hydrogen-bond donors (Lipinski definition) is 0. The average Bonchev–Trinajstić information content (AvgIpc) is 3.29. The summed E-state index contributed by atoms with van der Waals surface area (Å²) in [5, 5.41) is 4.12. The summed E-state index contributed by atoms with van der Waals surface area (Å²) in [6, 6.07) is 16.1. The Balaban J connectivity index is 1.52. The van der Waals surface area contributed by atoms with Crippen molar-refractivity contribution in [3.05, 3.63) is 65.5 Å². The van der Waals surface area contributed by atoms with Crippen molar-refractivity contribution in [2.24, 2.45) is 0 Å². The van der Waals surface area contributed by atoms with E-state index in [-0.39, 0.29) is 11.8 Å². The van der Waals surface area contributed by atoms with Gasteiger partial charge in [-0.25, -0.2) is 0 Å². The van der Waals surface area contributed by atoms with E-state index in [2.05, 4.69) is 29.2 Å². The summed E-state index contributed by atoms with van der Waals surface area (Å²) in [4.78, 5) is 18.8. The standard InChI is InChI=1S/C21H21N3O2/c1-3-15-6-10-18(11-7-15)24-13-17(12-19(24)25)20-22-21(26-23-20)16-8-4-14(2)5-9-16/h4-11,17H,3,12-13H2,1-2H3. The van der Waals surface area contributed by atoms with Gasteiger partial charge in [-0.1, -0.05) is 41.9 Å². The number of amides is 1. The Hall–Kier alpha value is -2.95. The van der Waals surface area contributed by atoms with Crippen LogP contribution in [0.25, 0.3) is 11.5 Å². The smallest absolute Gasteiger partial charge is 0.257 e. The second-order valence-electron chi connectivity index (χ2n) is 6.75. The van der Waals surface area contributed by atoms with Gasteiger partial charge in [-0.3, -0.25) is 4.79 Å². The second kappa shape index (κ2) is 6.75. The third-order valence-corrected chi connectivity index (χ3v) is 4.89. The molecule has 1 saturated heterocycles. The minimum atomic E-state index is -0.0451. The van der Waals surface area contributed by atoms with Gasteiger partial charge in [0.25, 0.3) is 5.89 Å². The van der Waals surface area contributed by atoms with E-state index < -0.39 is 0 Å². The van der Waals surface area contributed by atoms with Crippen molar-refractivity contribution < 1.29 is 9.32 Å². The van der Waals surface area contributed by atoms with E-state index in [1.54, 1.807) is 0 Å². The molecule has 4 rings (SSSR count). The third-order valence-electron chi connectivity index (χ3n) is 4.89. The first-order chi connectivity index (χ1) is 12.6. The lowest BCUT2D eigenvalue weighted by molar-refractivity contribution is -0.117. The Morgan fingerprint density at radius 2 is 1.85 bits per heavy atom. The summed E-state index contributed by atoms with van der Waals surface area (Å²) in [6.07, 6.45) is 1.39. The van der Waals surface area contributed by atoms with Gasteiger partial charge in [0.2, 0.25) is 5.91 Å². The summed E-state index contributed by atoms with van der Waals surface area (Å²) in [5.41, 5.74) is 4.26. The van der Waals surface area contributed by atoms with E-state index in [1.807, 2.05) is 48.2 Å². The van der Waals surface area contributed by atoms with Crippen molar-refractivity contribution in [3.8, 4) is 11.5 Å². The summed E-state index contributed by atoms with van der Waals surface area (Å²) >= 11 is 0. The number of hydrogen-bond acceptors (Lipinski definition) is 4. The highest BCUT2D eigenvalue weighted by Crippen LogP contribution is 2.31. The van der Waals surface area contributed by atoms with Crippen molar-refractivity contribution in [3.63, 3.8) is 0 Å². The topological polar surface area (TPSA) is 59.2 Å². The number of nitrogens with zero attached hydrogens (tertiary/aromatic N) is 3. The van der Waals surface area contributed by atoms with Gasteiger partial charge >= 0.3 is 0 Å². The van der Waals surface area contributed by atoms with Gasteiger partial charge in [-0.15, -0.1) is 0 Å². The molecule has 5 heteroatoms. The van der Waals surface area contributed by atoms with Gasteiger partial charge in [0.05, 0.1) is 0 Å². The van der Waals surface area contributed by atoms with E-state index in [1.165, 1.54) is 11.1 Å². The normalized spacial score (nSPS) is 17.1. The van der Waals surface area contributed by atoms with Crippen LogP contribution in [0.5, 0.6) is 0 Å². The molecule has 0 saturated carbocycles. The van der Waals surface area contributed by atoms with Crippen molar-refractivity contribution in [2.75, 3.05) is 11.4 Å². The Bertz CT molecular complexity index is 913. The predicted molar refractivity (Wildman–Crippen MR) is 100 cm³/mol. The van der Waals surface area contributed by atoms with Crippen molar-refractivity contribution in [1.82, 2.24) is 10.1 Å². The minimum Gasteiger partial charge on any atom is -0.334 e. The van der Waals surface area contributed by atoms with Crippen LogP contribution in [0.1, 0.15) is 36.2 Å². The monoisotopic (exact) mass is 347 g/mol. The van der Waals surface area contributed by atoms with Gasteiger partial charge in [0, 0.05) is 30.1 Å².